The minimum Gasteiger partial charge on any atom is -0.361 e. The van der Waals surface area contributed by atoms with Crippen molar-refractivity contribution in [2.45, 2.75) is 13.1 Å². The second-order valence-electron chi connectivity index (χ2n) is 7.69. The molecule has 0 saturated heterocycles. The van der Waals surface area contributed by atoms with Crippen molar-refractivity contribution in [3.63, 3.8) is 0 Å². The molecule has 0 spiro atoms. The van der Waals surface area contributed by atoms with Gasteiger partial charge in [0.25, 0.3) is 0 Å². The SMILES string of the molecule is O=C(/C=C/c1ccc(F)c2ccccc12)N(Cc1ccc2[nH]ccc2c1)Cc1cccs1. The summed E-state index contributed by atoms with van der Waals surface area (Å²) in [7, 11) is 0. The number of hydrogen-bond acceptors (Lipinski definition) is 2. The third kappa shape index (κ3) is 4.20. The minimum atomic E-state index is -0.261. The molecular weight excluding hydrogens is 419 g/mol. The smallest absolute Gasteiger partial charge is 0.247 e. The van der Waals surface area contributed by atoms with Gasteiger partial charge >= 0.3 is 0 Å². The van der Waals surface area contributed by atoms with Crippen LogP contribution in [0.25, 0.3) is 27.8 Å². The average molecular weight is 441 g/mol. The van der Waals surface area contributed by atoms with Crippen molar-refractivity contribution >= 4 is 45.0 Å². The molecule has 0 bridgehead atoms. The Balaban J connectivity index is 1.43. The number of aromatic amines is 1. The van der Waals surface area contributed by atoms with Crippen molar-refractivity contribution in [3.05, 3.63) is 112 Å². The summed E-state index contributed by atoms with van der Waals surface area (Å²) in [4.78, 5) is 19.4. The Hall–Kier alpha value is -3.70. The van der Waals surface area contributed by atoms with Gasteiger partial charge in [0.1, 0.15) is 5.82 Å². The summed E-state index contributed by atoms with van der Waals surface area (Å²) < 4.78 is 14.1. The van der Waals surface area contributed by atoms with Gasteiger partial charge in [0, 0.05) is 34.6 Å². The first-order chi connectivity index (χ1) is 15.7. The van der Waals surface area contributed by atoms with Gasteiger partial charge in [-0.15, -0.1) is 11.3 Å². The summed E-state index contributed by atoms with van der Waals surface area (Å²) in [6.45, 7) is 1.04. The molecule has 0 fully saturated rings. The van der Waals surface area contributed by atoms with E-state index in [1.165, 1.54) is 6.07 Å². The van der Waals surface area contributed by atoms with Gasteiger partial charge in [-0.3, -0.25) is 4.79 Å². The van der Waals surface area contributed by atoms with E-state index in [0.29, 0.717) is 18.5 Å². The number of H-pyrrole nitrogens is 1. The first-order valence-corrected chi connectivity index (χ1v) is 11.3. The fraction of sp³-hybridized carbons (Fsp3) is 0.0741. The van der Waals surface area contributed by atoms with Crippen LogP contribution in [-0.4, -0.2) is 15.8 Å². The van der Waals surface area contributed by atoms with Crippen LogP contribution in [0.5, 0.6) is 0 Å². The third-order valence-electron chi connectivity index (χ3n) is 5.54. The Bertz CT molecular complexity index is 1420. The molecule has 5 aromatic rings. The van der Waals surface area contributed by atoms with Crippen LogP contribution in [0.1, 0.15) is 16.0 Å². The molecule has 5 rings (SSSR count). The number of carbonyl (C=O) groups is 1. The highest BCUT2D eigenvalue weighted by Gasteiger charge is 2.14. The van der Waals surface area contributed by atoms with Crippen LogP contribution in [0.3, 0.4) is 0 Å². The molecule has 0 aliphatic heterocycles. The average Bonchev–Trinajstić information content (AvgIpc) is 3.50. The number of halogens is 1. The van der Waals surface area contributed by atoms with Crippen molar-refractivity contribution in [1.82, 2.24) is 9.88 Å². The summed E-state index contributed by atoms with van der Waals surface area (Å²) in [5, 5.41) is 4.49. The number of nitrogens with zero attached hydrogens (tertiary/aromatic N) is 1. The molecule has 32 heavy (non-hydrogen) atoms. The van der Waals surface area contributed by atoms with Crippen molar-refractivity contribution in [1.29, 1.82) is 0 Å². The molecule has 5 heteroatoms. The maximum Gasteiger partial charge on any atom is 0.247 e. The number of thiophene rings is 1. The van der Waals surface area contributed by atoms with Crippen molar-refractivity contribution in [2.75, 3.05) is 0 Å². The fourth-order valence-electron chi connectivity index (χ4n) is 3.92. The van der Waals surface area contributed by atoms with Gasteiger partial charge in [0.2, 0.25) is 5.91 Å². The minimum absolute atomic E-state index is 0.0824. The zero-order valence-electron chi connectivity index (χ0n) is 17.3. The van der Waals surface area contributed by atoms with Crippen LogP contribution in [0.4, 0.5) is 4.39 Å². The van der Waals surface area contributed by atoms with E-state index in [-0.39, 0.29) is 11.7 Å². The Kier molecular flexibility index (Phi) is 5.57. The highest BCUT2D eigenvalue weighted by atomic mass is 32.1. The van der Waals surface area contributed by atoms with E-state index >= 15 is 0 Å². The Morgan fingerprint density at radius 1 is 0.969 bits per heavy atom. The van der Waals surface area contributed by atoms with Crippen LogP contribution in [0.15, 0.2) is 90.4 Å². The number of fused-ring (bicyclic) bond motifs is 2. The largest absolute Gasteiger partial charge is 0.361 e. The number of nitrogens with one attached hydrogen (secondary N) is 1. The number of carbonyl (C=O) groups excluding carboxylic acids is 1. The van der Waals surface area contributed by atoms with Gasteiger partial charge in [-0.25, -0.2) is 4.39 Å². The van der Waals surface area contributed by atoms with E-state index in [2.05, 4.69) is 11.1 Å². The van der Waals surface area contributed by atoms with Gasteiger partial charge in [-0.05, 0) is 63.7 Å². The lowest BCUT2D eigenvalue weighted by atomic mass is 10.0. The predicted molar refractivity (Wildman–Crippen MR) is 130 cm³/mol. The molecule has 0 radical (unpaired) electrons. The first-order valence-electron chi connectivity index (χ1n) is 10.4. The second kappa shape index (κ2) is 8.81. The molecule has 3 nitrogen and oxygen atoms in total. The maximum atomic E-state index is 14.1. The highest BCUT2D eigenvalue weighted by Crippen LogP contribution is 2.23. The standard InChI is InChI=1S/C27H21FN2OS/c28-25-10-8-20(23-5-1-2-6-24(23)25)9-12-27(31)30(18-22-4-3-15-32-22)17-19-7-11-26-21(16-19)13-14-29-26/h1-16,29H,17-18H2/b12-9+. The molecule has 1 N–H and O–H groups in total. The van der Waals surface area contributed by atoms with E-state index in [4.69, 9.17) is 0 Å². The summed E-state index contributed by atoms with van der Waals surface area (Å²) in [5.41, 5.74) is 2.97. The van der Waals surface area contributed by atoms with E-state index in [1.54, 1.807) is 35.6 Å². The van der Waals surface area contributed by atoms with Gasteiger partial charge in [0.05, 0.1) is 6.54 Å². The van der Waals surface area contributed by atoms with Gasteiger partial charge < -0.3 is 9.88 Å². The van der Waals surface area contributed by atoms with E-state index in [0.717, 1.165) is 32.3 Å². The second-order valence-corrected chi connectivity index (χ2v) is 8.72. The number of aromatic nitrogens is 1. The van der Waals surface area contributed by atoms with Gasteiger partial charge in [-0.2, -0.15) is 0 Å². The summed E-state index contributed by atoms with van der Waals surface area (Å²) in [6, 6.07) is 22.7. The fourth-order valence-corrected chi connectivity index (χ4v) is 4.64. The number of rotatable bonds is 6. The van der Waals surface area contributed by atoms with Crippen molar-refractivity contribution in [2.24, 2.45) is 0 Å². The zero-order valence-corrected chi connectivity index (χ0v) is 18.1. The number of benzene rings is 3. The molecule has 0 aliphatic carbocycles. The van der Waals surface area contributed by atoms with Crippen LogP contribution >= 0.6 is 11.3 Å². The zero-order chi connectivity index (χ0) is 21.9. The Labute approximate surface area is 189 Å². The Morgan fingerprint density at radius 3 is 2.69 bits per heavy atom. The lowest BCUT2D eigenvalue weighted by Crippen LogP contribution is -2.28. The molecule has 0 atom stereocenters. The molecule has 2 aromatic heterocycles. The third-order valence-corrected chi connectivity index (χ3v) is 6.40. The molecular formula is C27H21FN2OS. The molecule has 1 amide bonds. The van der Waals surface area contributed by atoms with Gasteiger partial charge in [-0.1, -0.05) is 42.5 Å². The number of amides is 1. The summed E-state index contributed by atoms with van der Waals surface area (Å²) in [5.74, 6) is -0.343. The quantitative estimate of drug-likeness (QED) is 0.291. The van der Waals surface area contributed by atoms with E-state index in [9.17, 15) is 9.18 Å². The van der Waals surface area contributed by atoms with Crippen LogP contribution < -0.4 is 0 Å². The van der Waals surface area contributed by atoms with Crippen LogP contribution in [0.2, 0.25) is 0 Å². The predicted octanol–water partition coefficient (Wildman–Crippen LogP) is 6.76. The monoisotopic (exact) mass is 440 g/mol. The molecule has 0 saturated carbocycles. The van der Waals surface area contributed by atoms with Gasteiger partial charge in [0.15, 0.2) is 0 Å². The van der Waals surface area contributed by atoms with E-state index in [1.807, 2.05) is 65.0 Å². The maximum absolute atomic E-state index is 14.1. The van der Waals surface area contributed by atoms with Crippen LogP contribution in [-0.2, 0) is 17.9 Å². The van der Waals surface area contributed by atoms with Crippen molar-refractivity contribution < 1.29 is 9.18 Å². The topological polar surface area (TPSA) is 36.1 Å². The molecule has 158 valence electrons. The lowest BCUT2D eigenvalue weighted by Gasteiger charge is -2.21. The highest BCUT2D eigenvalue weighted by molar-refractivity contribution is 7.09. The number of hydrogen-bond donors (Lipinski definition) is 1. The van der Waals surface area contributed by atoms with Crippen LogP contribution in [0, 0.1) is 5.82 Å². The summed E-state index contributed by atoms with van der Waals surface area (Å²) in [6.07, 6.45) is 5.28. The lowest BCUT2D eigenvalue weighted by molar-refractivity contribution is -0.127. The molecule has 3 aromatic carbocycles. The molecule has 0 aliphatic rings. The molecule has 0 unspecified atom stereocenters. The first kappa shape index (κ1) is 20.2. The normalized spacial score (nSPS) is 11.5. The summed E-state index contributed by atoms with van der Waals surface area (Å²) >= 11 is 1.64. The Morgan fingerprint density at radius 2 is 1.84 bits per heavy atom. The molecule has 2 heterocycles. The van der Waals surface area contributed by atoms with Crippen molar-refractivity contribution in [3.8, 4) is 0 Å². The van der Waals surface area contributed by atoms with E-state index < -0.39 is 0 Å².